The molecule has 0 aromatic carbocycles. The second-order valence-corrected chi connectivity index (χ2v) is 3.12. The molecule has 0 saturated carbocycles. The third kappa shape index (κ3) is 1.42. The van der Waals surface area contributed by atoms with E-state index in [2.05, 4.69) is 25.9 Å². The molecular formula is C8H4BrClN2. The smallest absolute Gasteiger partial charge is 0.131 e. The Kier molecular flexibility index (Phi) is 1.13. The van der Waals surface area contributed by atoms with E-state index in [0.717, 1.165) is 0 Å². The van der Waals surface area contributed by atoms with Gasteiger partial charge in [-0.1, -0.05) is 11.6 Å². The Morgan fingerprint density at radius 2 is 2.33 bits per heavy atom. The Balaban J connectivity index is 3.07. The van der Waals surface area contributed by atoms with Gasteiger partial charge in [0.25, 0.3) is 0 Å². The summed E-state index contributed by atoms with van der Waals surface area (Å²) in [5.74, 6) is 0. The van der Waals surface area contributed by atoms with E-state index < -0.39 is 0 Å². The molecule has 0 radical (unpaired) electrons. The Hall–Kier alpha value is -0.670. The quantitative estimate of drug-likeness (QED) is 0.669. The molecule has 0 aliphatic rings. The number of aromatic nitrogens is 2. The zero-order valence-electron chi connectivity index (χ0n) is 9.65. The molecule has 2 heterocycles. The third-order valence-corrected chi connectivity index (χ3v) is 1.78. The average molecular weight is 248 g/mol. The van der Waals surface area contributed by atoms with Crippen LogP contribution in [0.5, 0.6) is 0 Å². The van der Waals surface area contributed by atoms with Crippen LogP contribution in [0.1, 0.15) is 5.48 Å². The molecule has 0 saturated heterocycles. The standard InChI is InChI=1S/C8H4BrClN2/c9-7-2-1-5-4-11-8(10)3-6(5)12-7/h1-4H/i1D,2D,3D,4D. The number of nitrogens with zero attached hydrogens (tertiary/aromatic N) is 2. The normalized spacial score (nSPS) is 15.2. The van der Waals surface area contributed by atoms with Gasteiger partial charge in [0.2, 0.25) is 0 Å². The lowest BCUT2D eigenvalue weighted by Gasteiger charge is -1.96. The number of halogens is 2. The van der Waals surface area contributed by atoms with Crippen LogP contribution in [-0.2, 0) is 0 Å². The fourth-order valence-electron chi connectivity index (χ4n) is 0.757. The minimum atomic E-state index is -0.241. The van der Waals surface area contributed by atoms with E-state index in [1.165, 1.54) is 0 Å². The first-order chi connectivity index (χ1) is 7.43. The van der Waals surface area contributed by atoms with Crippen molar-refractivity contribution in [3.05, 3.63) is 34.1 Å². The summed E-state index contributed by atoms with van der Waals surface area (Å²) in [7, 11) is 0. The predicted molar refractivity (Wildman–Crippen MR) is 52.2 cm³/mol. The van der Waals surface area contributed by atoms with E-state index in [9.17, 15) is 0 Å². The molecule has 4 heteroatoms. The van der Waals surface area contributed by atoms with Crippen LogP contribution in [0.15, 0.2) is 28.9 Å². The summed E-state index contributed by atoms with van der Waals surface area (Å²) in [6.45, 7) is 0. The highest BCUT2D eigenvalue weighted by molar-refractivity contribution is 9.10. The van der Waals surface area contributed by atoms with E-state index in [1.54, 1.807) is 0 Å². The highest BCUT2D eigenvalue weighted by Crippen LogP contribution is 2.17. The molecule has 0 fully saturated rings. The predicted octanol–water partition coefficient (Wildman–Crippen LogP) is 3.05. The summed E-state index contributed by atoms with van der Waals surface area (Å²) in [5, 5.41) is -0.0587. The summed E-state index contributed by atoms with van der Waals surface area (Å²) in [5.41, 5.74) is 0.109. The van der Waals surface area contributed by atoms with Gasteiger partial charge in [-0.3, -0.25) is 0 Å². The second kappa shape index (κ2) is 2.99. The average Bonchev–Trinajstić information content (AvgIpc) is 2.22. The first-order valence-corrected chi connectivity index (χ1v) is 4.19. The zero-order chi connectivity index (χ0) is 12.0. The number of rotatable bonds is 0. The number of pyridine rings is 2. The number of hydrogen-bond donors (Lipinski definition) is 0. The van der Waals surface area contributed by atoms with Crippen molar-refractivity contribution in [1.29, 1.82) is 0 Å². The van der Waals surface area contributed by atoms with Crippen molar-refractivity contribution in [1.82, 2.24) is 9.97 Å². The van der Waals surface area contributed by atoms with Gasteiger partial charge in [-0.05, 0) is 28.0 Å². The Morgan fingerprint density at radius 3 is 3.17 bits per heavy atom. The van der Waals surface area contributed by atoms with Crippen molar-refractivity contribution >= 4 is 38.4 Å². The molecule has 2 aromatic rings. The maximum atomic E-state index is 7.69. The maximum absolute atomic E-state index is 7.69. The van der Waals surface area contributed by atoms with Gasteiger partial charge in [0.1, 0.15) is 9.76 Å². The highest BCUT2D eigenvalue weighted by Gasteiger charge is 1.97. The van der Waals surface area contributed by atoms with Gasteiger partial charge in [-0.25, -0.2) is 9.97 Å². The maximum Gasteiger partial charge on any atom is 0.131 e. The Morgan fingerprint density at radius 1 is 1.50 bits per heavy atom. The molecule has 0 aliphatic heterocycles. The van der Waals surface area contributed by atoms with E-state index in [4.69, 9.17) is 17.1 Å². The minimum Gasteiger partial charge on any atom is -0.244 e. The summed E-state index contributed by atoms with van der Waals surface area (Å²) in [6.07, 6.45) is -0.241. The van der Waals surface area contributed by atoms with Crippen LogP contribution in [0.2, 0.25) is 5.15 Å². The van der Waals surface area contributed by atoms with Crippen molar-refractivity contribution in [3.63, 3.8) is 0 Å². The summed E-state index contributed by atoms with van der Waals surface area (Å²) in [6, 6.07) is -0.453. The Labute approximate surface area is 88.3 Å². The molecule has 2 nitrogen and oxygen atoms in total. The van der Waals surface area contributed by atoms with Crippen molar-refractivity contribution in [2.75, 3.05) is 0 Å². The van der Waals surface area contributed by atoms with Gasteiger partial charge in [-0.15, -0.1) is 0 Å². The van der Waals surface area contributed by atoms with Gasteiger partial charge in [0.05, 0.1) is 11.0 Å². The molecule has 0 atom stereocenters. The van der Waals surface area contributed by atoms with Crippen molar-refractivity contribution in [2.45, 2.75) is 0 Å². The molecule has 0 bridgehead atoms. The minimum absolute atomic E-state index is 0.0719. The van der Waals surface area contributed by atoms with Crippen LogP contribution in [-0.4, -0.2) is 9.97 Å². The van der Waals surface area contributed by atoms with Gasteiger partial charge >= 0.3 is 0 Å². The number of hydrogen-bond acceptors (Lipinski definition) is 2. The van der Waals surface area contributed by atoms with Gasteiger partial charge in [-0.2, -0.15) is 0 Å². The molecule has 2 aromatic heterocycles. The lowest BCUT2D eigenvalue weighted by atomic mass is 10.3. The van der Waals surface area contributed by atoms with Gasteiger partial charge < -0.3 is 0 Å². The van der Waals surface area contributed by atoms with E-state index in [0.29, 0.717) is 0 Å². The fourth-order valence-corrected chi connectivity index (χ4v) is 1.17. The van der Waals surface area contributed by atoms with Crippen molar-refractivity contribution < 1.29 is 5.48 Å². The van der Waals surface area contributed by atoms with Gasteiger partial charge in [0.15, 0.2) is 0 Å². The first kappa shape index (κ1) is 4.53. The summed E-state index contributed by atoms with van der Waals surface area (Å²) in [4.78, 5) is 7.55. The van der Waals surface area contributed by atoms with Crippen molar-refractivity contribution in [3.8, 4) is 0 Å². The highest BCUT2D eigenvalue weighted by atomic mass is 79.9. The Bertz CT molecular complexity index is 605. The molecule has 0 unspecified atom stereocenters. The summed E-state index contributed by atoms with van der Waals surface area (Å²) < 4.78 is 30.6. The molecule has 12 heavy (non-hydrogen) atoms. The molecule has 2 rings (SSSR count). The largest absolute Gasteiger partial charge is 0.244 e. The van der Waals surface area contributed by atoms with Crippen LogP contribution in [0.25, 0.3) is 10.9 Å². The number of fused-ring (bicyclic) bond motifs is 1. The van der Waals surface area contributed by atoms with Gasteiger partial charge in [0, 0.05) is 17.6 Å². The van der Waals surface area contributed by atoms with E-state index >= 15 is 0 Å². The molecule has 0 spiro atoms. The molecular weight excluding hydrogens is 239 g/mol. The monoisotopic (exact) mass is 246 g/mol. The lowest BCUT2D eigenvalue weighted by molar-refractivity contribution is 1.30. The van der Waals surface area contributed by atoms with E-state index in [1.807, 2.05) is 0 Å². The first-order valence-electron chi connectivity index (χ1n) is 5.02. The molecule has 0 aliphatic carbocycles. The van der Waals surface area contributed by atoms with Crippen LogP contribution in [0.3, 0.4) is 0 Å². The third-order valence-electron chi connectivity index (χ3n) is 1.22. The van der Waals surface area contributed by atoms with Crippen LogP contribution in [0, 0.1) is 0 Å². The van der Waals surface area contributed by atoms with Crippen LogP contribution in [0.4, 0.5) is 0 Å². The van der Waals surface area contributed by atoms with Crippen molar-refractivity contribution in [2.24, 2.45) is 0 Å². The molecule has 60 valence electrons. The topological polar surface area (TPSA) is 25.8 Å². The fraction of sp³-hybridized carbons (Fsp3) is 0. The molecule has 0 amide bonds. The summed E-state index contributed by atoms with van der Waals surface area (Å²) >= 11 is 8.68. The lowest BCUT2D eigenvalue weighted by Crippen LogP contribution is -1.81. The molecule has 0 N–H and O–H groups in total. The SMILES string of the molecule is [2H]c1c(Br)nc2c([2H])c(Cl)nc([2H])c2c1[2H]. The second-order valence-electron chi connectivity index (χ2n) is 2.02. The zero-order valence-corrected chi connectivity index (χ0v) is 7.99. The van der Waals surface area contributed by atoms with Crippen LogP contribution < -0.4 is 0 Å². The van der Waals surface area contributed by atoms with E-state index in [-0.39, 0.29) is 45.0 Å². The van der Waals surface area contributed by atoms with Crippen LogP contribution >= 0.6 is 27.5 Å².